The first-order chi connectivity index (χ1) is 8.60. The molecule has 1 N–H and O–H groups in total. The molecule has 1 amide bonds. The molecule has 1 aromatic carbocycles. The number of halogens is 1. The SMILES string of the molecule is COCC(CBr)NC(=O)c1ccccc1[N+](=O)[O-]. The van der Waals surface area contributed by atoms with E-state index in [4.69, 9.17) is 4.74 Å². The monoisotopic (exact) mass is 316 g/mol. The van der Waals surface area contributed by atoms with Crippen molar-refractivity contribution >= 4 is 27.5 Å². The lowest BCUT2D eigenvalue weighted by atomic mass is 10.1. The topological polar surface area (TPSA) is 81.5 Å². The summed E-state index contributed by atoms with van der Waals surface area (Å²) in [4.78, 5) is 22.1. The fourth-order valence-corrected chi connectivity index (χ4v) is 1.76. The number of hydrogen-bond acceptors (Lipinski definition) is 4. The quantitative estimate of drug-likeness (QED) is 0.492. The summed E-state index contributed by atoms with van der Waals surface area (Å²) in [5.74, 6) is -0.483. The van der Waals surface area contributed by atoms with Gasteiger partial charge in [-0.15, -0.1) is 0 Å². The number of benzene rings is 1. The number of hydrogen-bond donors (Lipinski definition) is 1. The Hall–Kier alpha value is -1.47. The predicted molar refractivity (Wildman–Crippen MR) is 70.0 cm³/mol. The first-order valence-electron chi connectivity index (χ1n) is 5.19. The van der Waals surface area contributed by atoms with Gasteiger partial charge in [0, 0.05) is 18.5 Å². The molecule has 0 bridgehead atoms. The van der Waals surface area contributed by atoms with Crippen LogP contribution in [0, 0.1) is 10.1 Å². The van der Waals surface area contributed by atoms with Crippen molar-refractivity contribution in [2.45, 2.75) is 6.04 Å². The molecule has 1 aromatic rings. The van der Waals surface area contributed by atoms with Crippen LogP contribution in [0.2, 0.25) is 0 Å². The Morgan fingerprint density at radius 3 is 2.78 bits per heavy atom. The van der Waals surface area contributed by atoms with E-state index < -0.39 is 10.8 Å². The number of amides is 1. The molecule has 1 unspecified atom stereocenters. The number of methoxy groups -OCH3 is 1. The summed E-state index contributed by atoms with van der Waals surface area (Å²) in [6.45, 7) is 0.331. The highest BCUT2D eigenvalue weighted by atomic mass is 79.9. The van der Waals surface area contributed by atoms with Gasteiger partial charge in [0.25, 0.3) is 11.6 Å². The Kier molecular flexibility index (Phi) is 5.73. The normalized spacial score (nSPS) is 11.9. The van der Waals surface area contributed by atoms with Gasteiger partial charge in [0.05, 0.1) is 17.6 Å². The number of nitro groups is 1. The first-order valence-corrected chi connectivity index (χ1v) is 6.31. The van der Waals surface area contributed by atoms with E-state index in [1.807, 2.05) is 0 Å². The molecule has 1 atom stereocenters. The molecular weight excluding hydrogens is 304 g/mol. The number of nitro benzene ring substituents is 1. The number of carbonyl (C=O) groups is 1. The number of alkyl halides is 1. The van der Waals surface area contributed by atoms with Crippen LogP contribution in [0.5, 0.6) is 0 Å². The molecule has 0 aliphatic rings. The van der Waals surface area contributed by atoms with Crippen molar-refractivity contribution in [2.75, 3.05) is 19.0 Å². The second kappa shape index (κ2) is 7.07. The summed E-state index contributed by atoms with van der Waals surface area (Å²) < 4.78 is 4.93. The van der Waals surface area contributed by atoms with Gasteiger partial charge in [-0.05, 0) is 6.07 Å². The van der Waals surface area contributed by atoms with Crippen LogP contribution in [0.15, 0.2) is 24.3 Å². The molecule has 98 valence electrons. The third-order valence-corrected chi connectivity index (χ3v) is 3.02. The van der Waals surface area contributed by atoms with Crippen LogP contribution in [0.1, 0.15) is 10.4 Å². The van der Waals surface area contributed by atoms with Gasteiger partial charge in [-0.25, -0.2) is 0 Å². The van der Waals surface area contributed by atoms with Crippen LogP contribution in [-0.2, 0) is 4.74 Å². The summed E-state index contributed by atoms with van der Waals surface area (Å²) in [7, 11) is 1.52. The smallest absolute Gasteiger partial charge is 0.282 e. The van der Waals surface area contributed by atoms with Crippen LogP contribution < -0.4 is 5.32 Å². The Labute approximate surface area is 113 Å². The molecule has 6 nitrogen and oxygen atoms in total. The molecule has 0 aliphatic heterocycles. The standard InChI is InChI=1S/C11H13BrN2O4/c1-18-7-8(6-12)13-11(15)9-4-2-3-5-10(9)14(16)17/h2-5,8H,6-7H2,1H3,(H,13,15). The second-order valence-electron chi connectivity index (χ2n) is 3.55. The number of para-hydroxylation sites is 1. The number of carbonyl (C=O) groups excluding carboxylic acids is 1. The maximum absolute atomic E-state index is 11.9. The van der Waals surface area contributed by atoms with Crippen LogP contribution in [0.25, 0.3) is 0 Å². The highest BCUT2D eigenvalue weighted by Crippen LogP contribution is 2.17. The zero-order valence-electron chi connectivity index (χ0n) is 9.76. The van der Waals surface area contributed by atoms with E-state index in [-0.39, 0.29) is 17.3 Å². The molecule has 7 heteroatoms. The largest absolute Gasteiger partial charge is 0.383 e. The van der Waals surface area contributed by atoms with Gasteiger partial charge in [0.15, 0.2) is 0 Å². The van der Waals surface area contributed by atoms with Crippen LogP contribution in [0.3, 0.4) is 0 Å². The highest BCUT2D eigenvalue weighted by Gasteiger charge is 2.21. The van der Waals surface area contributed by atoms with Crippen molar-refractivity contribution in [2.24, 2.45) is 0 Å². The Balaban J connectivity index is 2.87. The molecule has 0 radical (unpaired) electrons. The van der Waals surface area contributed by atoms with Gasteiger partial charge in [0.2, 0.25) is 0 Å². The lowest BCUT2D eigenvalue weighted by Gasteiger charge is -2.15. The zero-order chi connectivity index (χ0) is 13.5. The fourth-order valence-electron chi connectivity index (χ4n) is 1.41. The first kappa shape index (κ1) is 14.6. The van der Waals surface area contributed by atoms with E-state index in [9.17, 15) is 14.9 Å². The molecule has 0 saturated heterocycles. The zero-order valence-corrected chi connectivity index (χ0v) is 11.3. The van der Waals surface area contributed by atoms with Gasteiger partial charge in [0.1, 0.15) is 5.56 Å². The van der Waals surface area contributed by atoms with E-state index in [1.54, 1.807) is 6.07 Å². The number of ether oxygens (including phenoxy) is 1. The van der Waals surface area contributed by atoms with Crippen LogP contribution >= 0.6 is 15.9 Å². The van der Waals surface area contributed by atoms with Crippen molar-refractivity contribution in [3.05, 3.63) is 39.9 Å². The van der Waals surface area contributed by atoms with Crippen molar-refractivity contribution in [1.29, 1.82) is 0 Å². The molecule has 1 rings (SSSR count). The maximum Gasteiger partial charge on any atom is 0.282 e. The van der Waals surface area contributed by atoms with Crippen molar-refractivity contribution < 1.29 is 14.5 Å². The fraction of sp³-hybridized carbons (Fsp3) is 0.364. The van der Waals surface area contributed by atoms with E-state index in [0.717, 1.165) is 0 Å². The summed E-state index contributed by atoms with van der Waals surface area (Å²) in [5, 5.41) is 14.0. The number of nitrogens with zero attached hydrogens (tertiary/aromatic N) is 1. The van der Waals surface area contributed by atoms with E-state index in [1.165, 1.54) is 25.3 Å². The molecule has 0 aromatic heterocycles. The van der Waals surface area contributed by atoms with Gasteiger partial charge in [-0.3, -0.25) is 14.9 Å². The minimum atomic E-state index is -0.575. The van der Waals surface area contributed by atoms with Crippen LogP contribution in [-0.4, -0.2) is 35.9 Å². The summed E-state index contributed by atoms with van der Waals surface area (Å²) in [6, 6.07) is 5.59. The maximum atomic E-state index is 11.9. The number of rotatable bonds is 6. The highest BCUT2D eigenvalue weighted by molar-refractivity contribution is 9.09. The predicted octanol–water partition coefficient (Wildman–Crippen LogP) is 1.73. The van der Waals surface area contributed by atoms with Crippen molar-refractivity contribution in [3.8, 4) is 0 Å². The van der Waals surface area contributed by atoms with Crippen molar-refractivity contribution in [1.82, 2.24) is 5.32 Å². The molecule has 0 saturated carbocycles. The lowest BCUT2D eigenvalue weighted by molar-refractivity contribution is -0.385. The van der Waals surface area contributed by atoms with E-state index in [2.05, 4.69) is 21.2 Å². The molecule has 0 heterocycles. The average Bonchev–Trinajstić information content (AvgIpc) is 2.38. The van der Waals surface area contributed by atoms with E-state index in [0.29, 0.717) is 11.9 Å². The Bertz CT molecular complexity index is 439. The third-order valence-electron chi connectivity index (χ3n) is 2.23. The van der Waals surface area contributed by atoms with Gasteiger partial charge >= 0.3 is 0 Å². The minimum absolute atomic E-state index is 0.0459. The van der Waals surface area contributed by atoms with Crippen molar-refractivity contribution in [3.63, 3.8) is 0 Å². The molecule has 0 aliphatic carbocycles. The summed E-state index contributed by atoms with van der Waals surface area (Å²) in [5.41, 5.74) is -0.162. The van der Waals surface area contributed by atoms with Gasteiger partial charge < -0.3 is 10.1 Å². The third kappa shape index (κ3) is 3.78. The summed E-state index contributed by atoms with van der Waals surface area (Å²) in [6.07, 6.45) is 0. The van der Waals surface area contributed by atoms with Crippen LogP contribution in [0.4, 0.5) is 5.69 Å². The Morgan fingerprint density at radius 2 is 2.22 bits per heavy atom. The molecule has 0 fully saturated rings. The van der Waals surface area contributed by atoms with Gasteiger partial charge in [-0.1, -0.05) is 28.1 Å². The minimum Gasteiger partial charge on any atom is -0.383 e. The molecule has 0 spiro atoms. The second-order valence-corrected chi connectivity index (χ2v) is 4.20. The van der Waals surface area contributed by atoms with Gasteiger partial charge in [-0.2, -0.15) is 0 Å². The molecular formula is C11H13BrN2O4. The Morgan fingerprint density at radius 1 is 1.56 bits per heavy atom. The number of nitrogens with one attached hydrogen (secondary N) is 1. The van der Waals surface area contributed by atoms with E-state index >= 15 is 0 Å². The molecule has 18 heavy (non-hydrogen) atoms. The average molecular weight is 317 g/mol. The summed E-state index contributed by atoms with van der Waals surface area (Å²) >= 11 is 3.24. The lowest BCUT2D eigenvalue weighted by Crippen LogP contribution is -2.39.